The summed E-state index contributed by atoms with van der Waals surface area (Å²) in [5, 5.41) is 9.35. The molecule has 0 radical (unpaired) electrons. The first kappa shape index (κ1) is 11.1. The van der Waals surface area contributed by atoms with Gasteiger partial charge in [0.15, 0.2) is 0 Å². The number of hydrogen-bond donors (Lipinski definition) is 2. The van der Waals surface area contributed by atoms with Crippen molar-refractivity contribution in [3.8, 4) is 0 Å². The Morgan fingerprint density at radius 2 is 2.31 bits per heavy atom. The van der Waals surface area contributed by atoms with Crippen molar-refractivity contribution in [3.05, 3.63) is 11.9 Å². The third kappa shape index (κ3) is 2.24. The molecule has 2 rings (SSSR count). The predicted octanol–water partition coefficient (Wildman–Crippen LogP) is 0.718. The fourth-order valence-electron chi connectivity index (χ4n) is 2.21. The molecule has 0 saturated carbocycles. The molecule has 1 aromatic heterocycles. The van der Waals surface area contributed by atoms with Crippen molar-refractivity contribution >= 4 is 11.6 Å². The van der Waals surface area contributed by atoms with Gasteiger partial charge in [0, 0.05) is 12.6 Å². The van der Waals surface area contributed by atoms with E-state index in [0.29, 0.717) is 11.6 Å². The van der Waals surface area contributed by atoms with Gasteiger partial charge in [0.05, 0.1) is 12.6 Å². The molecule has 0 aromatic carbocycles. The number of aliphatic hydroxyl groups excluding tert-OH is 1. The molecule has 0 amide bonds. The molecule has 0 bridgehead atoms. The molecular formula is C11H18N4O. The molecule has 1 atom stereocenters. The van der Waals surface area contributed by atoms with Crippen LogP contribution >= 0.6 is 0 Å². The van der Waals surface area contributed by atoms with E-state index < -0.39 is 0 Å². The van der Waals surface area contributed by atoms with Gasteiger partial charge < -0.3 is 15.7 Å². The van der Waals surface area contributed by atoms with Gasteiger partial charge >= 0.3 is 0 Å². The summed E-state index contributed by atoms with van der Waals surface area (Å²) in [6, 6.07) is 1.95. The lowest BCUT2D eigenvalue weighted by molar-refractivity contribution is 0.239. The minimum absolute atomic E-state index is 0.169. The lowest BCUT2D eigenvalue weighted by Crippen LogP contribution is -2.42. The molecule has 5 nitrogen and oxygen atoms in total. The van der Waals surface area contributed by atoms with E-state index in [-0.39, 0.29) is 12.6 Å². The molecule has 16 heavy (non-hydrogen) atoms. The molecule has 1 aromatic rings. The van der Waals surface area contributed by atoms with Crippen molar-refractivity contribution < 1.29 is 5.11 Å². The summed E-state index contributed by atoms with van der Waals surface area (Å²) in [7, 11) is 0. The van der Waals surface area contributed by atoms with Gasteiger partial charge in [-0.25, -0.2) is 9.97 Å². The first-order chi connectivity index (χ1) is 7.70. The fourth-order valence-corrected chi connectivity index (χ4v) is 2.21. The van der Waals surface area contributed by atoms with E-state index in [4.69, 9.17) is 5.73 Å². The van der Waals surface area contributed by atoms with Gasteiger partial charge in [-0.05, 0) is 26.2 Å². The molecule has 88 valence electrons. The molecule has 0 aliphatic carbocycles. The van der Waals surface area contributed by atoms with Crippen LogP contribution in [0.5, 0.6) is 0 Å². The lowest BCUT2D eigenvalue weighted by atomic mass is 10.0. The standard InChI is InChI=1S/C11H18N4O/c1-8-13-10(12)6-11(14-8)15-5-3-2-4-9(15)7-16/h6,9,16H,2-5,7H2,1H3,(H2,12,13,14). The SMILES string of the molecule is Cc1nc(N)cc(N2CCCCC2CO)n1. The number of anilines is 2. The van der Waals surface area contributed by atoms with Crippen LogP contribution in [0.3, 0.4) is 0 Å². The second kappa shape index (κ2) is 4.65. The van der Waals surface area contributed by atoms with Gasteiger partial charge in [-0.2, -0.15) is 0 Å². The summed E-state index contributed by atoms with van der Waals surface area (Å²) in [5.41, 5.74) is 5.71. The summed E-state index contributed by atoms with van der Waals surface area (Å²) < 4.78 is 0. The number of hydrogen-bond acceptors (Lipinski definition) is 5. The van der Waals surface area contributed by atoms with Crippen LogP contribution < -0.4 is 10.6 Å². The van der Waals surface area contributed by atoms with Gasteiger partial charge in [0.2, 0.25) is 0 Å². The minimum Gasteiger partial charge on any atom is -0.394 e. The van der Waals surface area contributed by atoms with Crippen molar-refractivity contribution in [1.29, 1.82) is 0 Å². The zero-order valence-electron chi connectivity index (χ0n) is 9.56. The highest BCUT2D eigenvalue weighted by atomic mass is 16.3. The third-order valence-corrected chi connectivity index (χ3v) is 2.98. The number of aromatic nitrogens is 2. The zero-order valence-corrected chi connectivity index (χ0v) is 9.56. The van der Waals surface area contributed by atoms with Crippen LogP contribution in [0.1, 0.15) is 25.1 Å². The highest BCUT2D eigenvalue weighted by Crippen LogP contribution is 2.23. The number of nitrogens with two attached hydrogens (primary N) is 1. The summed E-state index contributed by atoms with van der Waals surface area (Å²) >= 11 is 0. The maximum atomic E-state index is 9.35. The molecule has 1 saturated heterocycles. The maximum Gasteiger partial charge on any atom is 0.134 e. The van der Waals surface area contributed by atoms with Crippen LogP contribution in [0.4, 0.5) is 11.6 Å². The average molecular weight is 222 g/mol. The number of piperidine rings is 1. The van der Waals surface area contributed by atoms with Crippen LogP contribution in [-0.2, 0) is 0 Å². The second-order valence-electron chi connectivity index (χ2n) is 4.22. The number of aryl methyl sites for hydroxylation is 1. The van der Waals surface area contributed by atoms with E-state index in [1.807, 2.05) is 6.92 Å². The Kier molecular flexibility index (Phi) is 3.24. The largest absolute Gasteiger partial charge is 0.394 e. The van der Waals surface area contributed by atoms with E-state index in [0.717, 1.165) is 25.2 Å². The molecule has 1 fully saturated rings. The first-order valence-electron chi connectivity index (χ1n) is 5.69. The van der Waals surface area contributed by atoms with Gasteiger partial charge in [-0.3, -0.25) is 0 Å². The normalized spacial score (nSPS) is 21.1. The Morgan fingerprint density at radius 3 is 3.00 bits per heavy atom. The van der Waals surface area contributed by atoms with E-state index >= 15 is 0 Å². The van der Waals surface area contributed by atoms with Gasteiger partial charge in [0.25, 0.3) is 0 Å². The molecule has 1 aliphatic rings. The summed E-state index contributed by atoms with van der Waals surface area (Å²) in [6.07, 6.45) is 3.32. The number of nitrogen functional groups attached to an aromatic ring is 1. The average Bonchev–Trinajstić information content (AvgIpc) is 2.27. The van der Waals surface area contributed by atoms with Crippen molar-refractivity contribution in [2.75, 3.05) is 23.8 Å². The Bertz CT molecular complexity index is 349. The van der Waals surface area contributed by atoms with E-state index in [1.165, 1.54) is 6.42 Å². The Hall–Kier alpha value is -1.36. The van der Waals surface area contributed by atoms with Gasteiger partial charge in [-0.15, -0.1) is 0 Å². The Morgan fingerprint density at radius 1 is 1.50 bits per heavy atom. The minimum atomic E-state index is 0.169. The third-order valence-electron chi connectivity index (χ3n) is 2.98. The molecule has 5 heteroatoms. The van der Waals surface area contributed by atoms with E-state index in [1.54, 1.807) is 6.07 Å². The highest BCUT2D eigenvalue weighted by molar-refractivity contribution is 5.48. The number of rotatable bonds is 2. The molecule has 1 aliphatic heterocycles. The van der Waals surface area contributed by atoms with Gasteiger partial charge in [-0.1, -0.05) is 0 Å². The highest BCUT2D eigenvalue weighted by Gasteiger charge is 2.23. The van der Waals surface area contributed by atoms with Crippen molar-refractivity contribution in [3.63, 3.8) is 0 Å². The molecule has 0 spiro atoms. The van der Waals surface area contributed by atoms with Crippen LogP contribution in [0.2, 0.25) is 0 Å². The van der Waals surface area contributed by atoms with E-state index in [2.05, 4.69) is 14.9 Å². The quantitative estimate of drug-likeness (QED) is 0.771. The van der Waals surface area contributed by atoms with Crippen molar-refractivity contribution in [2.45, 2.75) is 32.2 Å². The number of nitrogens with zero attached hydrogens (tertiary/aromatic N) is 3. The molecule has 1 unspecified atom stereocenters. The molecular weight excluding hydrogens is 204 g/mol. The lowest BCUT2D eigenvalue weighted by Gasteiger charge is -2.35. The van der Waals surface area contributed by atoms with Crippen molar-refractivity contribution in [1.82, 2.24) is 9.97 Å². The van der Waals surface area contributed by atoms with Gasteiger partial charge in [0.1, 0.15) is 17.5 Å². The van der Waals surface area contributed by atoms with E-state index in [9.17, 15) is 5.11 Å². The molecule has 2 heterocycles. The monoisotopic (exact) mass is 222 g/mol. The summed E-state index contributed by atoms with van der Waals surface area (Å²) in [5.74, 6) is 2.01. The van der Waals surface area contributed by atoms with Crippen LogP contribution in [0.25, 0.3) is 0 Å². The summed E-state index contributed by atoms with van der Waals surface area (Å²) in [4.78, 5) is 10.6. The smallest absolute Gasteiger partial charge is 0.134 e. The predicted molar refractivity (Wildman–Crippen MR) is 63.3 cm³/mol. The van der Waals surface area contributed by atoms with Crippen LogP contribution in [-0.4, -0.2) is 34.3 Å². The Labute approximate surface area is 95.3 Å². The van der Waals surface area contributed by atoms with Crippen molar-refractivity contribution in [2.24, 2.45) is 0 Å². The summed E-state index contributed by atoms with van der Waals surface area (Å²) in [6.45, 7) is 2.93. The Balaban J connectivity index is 2.26. The first-order valence-corrected chi connectivity index (χ1v) is 5.69. The maximum absolute atomic E-state index is 9.35. The topological polar surface area (TPSA) is 75.3 Å². The van der Waals surface area contributed by atoms with Crippen LogP contribution in [0, 0.1) is 6.92 Å². The number of aliphatic hydroxyl groups is 1. The zero-order chi connectivity index (χ0) is 11.5. The van der Waals surface area contributed by atoms with Crippen LogP contribution in [0.15, 0.2) is 6.07 Å². The second-order valence-corrected chi connectivity index (χ2v) is 4.22. The molecule has 3 N–H and O–H groups in total. The fraction of sp³-hybridized carbons (Fsp3) is 0.636.